The van der Waals surface area contributed by atoms with E-state index in [2.05, 4.69) is 17.4 Å². The summed E-state index contributed by atoms with van der Waals surface area (Å²) in [5, 5.41) is 2.92. The van der Waals surface area contributed by atoms with Gasteiger partial charge in [0.1, 0.15) is 19.0 Å². The fourth-order valence-electron chi connectivity index (χ4n) is 3.03. The van der Waals surface area contributed by atoms with Gasteiger partial charge in [-0.15, -0.1) is 11.8 Å². The Hall–Kier alpha value is -3.12. The van der Waals surface area contributed by atoms with Crippen LogP contribution in [0.3, 0.4) is 0 Å². The third-order valence-corrected chi connectivity index (χ3v) is 5.54. The van der Waals surface area contributed by atoms with Crippen LogP contribution in [0.25, 0.3) is 0 Å². The van der Waals surface area contributed by atoms with Gasteiger partial charge in [0.15, 0.2) is 11.5 Å². The number of anilines is 1. The summed E-state index contributed by atoms with van der Waals surface area (Å²) in [5.74, 6) is 2.63. The van der Waals surface area contributed by atoms with Gasteiger partial charge in [0.2, 0.25) is 0 Å². The Kier molecular flexibility index (Phi) is 5.91. The number of ether oxygens (including phenoxy) is 3. The first-order valence-corrected chi connectivity index (χ1v) is 10.3. The van der Waals surface area contributed by atoms with Crippen LogP contribution in [0, 0.1) is 0 Å². The number of hydrogen-bond acceptors (Lipinski definition) is 5. The van der Waals surface area contributed by atoms with Gasteiger partial charge in [-0.25, -0.2) is 0 Å². The first-order chi connectivity index (χ1) is 14.2. The zero-order chi connectivity index (χ0) is 20.1. The molecule has 6 heteroatoms. The lowest BCUT2D eigenvalue weighted by atomic mass is 10.1. The van der Waals surface area contributed by atoms with Crippen LogP contribution in [0.5, 0.6) is 17.2 Å². The van der Waals surface area contributed by atoms with Gasteiger partial charge in [-0.3, -0.25) is 4.79 Å². The van der Waals surface area contributed by atoms with Crippen molar-refractivity contribution in [3.05, 3.63) is 77.9 Å². The lowest BCUT2D eigenvalue weighted by Gasteiger charge is -2.19. The van der Waals surface area contributed by atoms with Crippen LogP contribution in [0.2, 0.25) is 0 Å². The summed E-state index contributed by atoms with van der Waals surface area (Å²) in [6.45, 7) is 1.04. The first kappa shape index (κ1) is 19.2. The van der Waals surface area contributed by atoms with Crippen LogP contribution in [0.15, 0.2) is 71.6 Å². The van der Waals surface area contributed by atoms with Crippen molar-refractivity contribution in [1.82, 2.24) is 0 Å². The largest absolute Gasteiger partial charge is 0.496 e. The third kappa shape index (κ3) is 4.66. The second kappa shape index (κ2) is 8.92. The molecule has 1 aliphatic rings. The van der Waals surface area contributed by atoms with Crippen LogP contribution < -0.4 is 19.5 Å². The summed E-state index contributed by atoms with van der Waals surface area (Å²) < 4.78 is 16.6. The molecule has 0 fully saturated rings. The van der Waals surface area contributed by atoms with Gasteiger partial charge >= 0.3 is 0 Å². The van der Waals surface area contributed by atoms with Crippen molar-refractivity contribution in [3.63, 3.8) is 0 Å². The van der Waals surface area contributed by atoms with Crippen LogP contribution in [0.4, 0.5) is 5.69 Å². The zero-order valence-electron chi connectivity index (χ0n) is 16.0. The monoisotopic (exact) mass is 407 g/mol. The normalized spacial score (nSPS) is 12.3. The van der Waals surface area contributed by atoms with Gasteiger partial charge in [0.05, 0.1) is 7.11 Å². The lowest BCUT2D eigenvalue weighted by molar-refractivity contribution is 0.102. The maximum atomic E-state index is 12.8. The maximum absolute atomic E-state index is 12.8. The first-order valence-electron chi connectivity index (χ1n) is 9.29. The van der Waals surface area contributed by atoms with Crippen LogP contribution >= 0.6 is 11.8 Å². The Morgan fingerprint density at radius 1 is 1.00 bits per heavy atom. The Balaban J connectivity index is 1.49. The molecule has 29 heavy (non-hydrogen) atoms. The number of carbonyl (C=O) groups is 1. The second-order valence-electron chi connectivity index (χ2n) is 6.44. The standard InChI is InChI=1S/C23H21NO4S/c1-26-20-9-7-16(13-17(20)15-29-19-5-3-2-4-6-19)23(25)24-18-8-10-21-22(14-18)28-12-11-27-21/h2-10,13-14H,11-12,15H2,1H3,(H,24,25). The highest BCUT2D eigenvalue weighted by Gasteiger charge is 2.15. The van der Waals surface area contributed by atoms with Crippen molar-refractivity contribution in [2.75, 3.05) is 25.6 Å². The minimum atomic E-state index is -0.185. The van der Waals surface area contributed by atoms with E-state index in [1.165, 1.54) is 4.90 Å². The van der Waals surface area contributed by atoms with Crippen LogP contribution in [-0.2, 0) is 5.75 Å². The number of thioether (sulfide) groups is 1. The molecule has 1 heterocycles. The minimum absolute atomic E-state index is 0.185. The number of methoxy groups -OCH3 is 1. The van der Waals surface area contributed by atoms with Crippen molar-refractivity contribution in [2.24, 2.45) is 0 Å². The number of carbonyl (C=O) groups excluding carboxylic acids is 1. The number of nitrogens with one attached hydrogen (secondary N) is 1. The van der Waals surface area contributed by atoms with E-state index in [0.717, 1.165) is 11.3 Å². The molecule has 0 radical (unpaired) electrons. The summed E-state index contributed by atoms with van der Waals surface area (Å²) in [7, 11) is 1.64. The van der Waals surface area contributed by atoms with Crippen molar-refractivity contribution in [1.29, 1.82) is 0 Å². The molecule has 4 rings (SSSR count). The maximum Gasteiger partial charge on any atom is 0.255 e. The average Bonchev–Trinajstić information content (AvgIpc) is 2.78. The smallest absolute Gasteiger partial charge is 0.255 e. The van der Waals surface area contributed by atoms with Crippen molar-refractivity contribution in [2.45, 2.75) is 10.6 Å². The van der Waals surface area contributed by atoms with E-state index in [0.29, 0.717) is 41.7 Å². The lowest BCUT2D eigenvalue weighted by Crippen LogP contribution is -2.16. The summed E-state index contributed by atoms with van der Waals surface area (Å²) in [6, 6.07) is 21.0. The highest BCUT2D eigenvalue weighted by molar-refractivity contribution is 7.98. The van der Waals surface area contributed by atoms with E-state index in [-0.39, 0.29) is 5.91 Å². The molecule has 5 nitrogen and oxygen atoms in total. The molecule has 148 valence electrons. The molecule has 0 saturated heterocycles. The fraction of sp³-hybridized carbons (Fsp3) is 0.174. The van der Waals surface area contributed by atoms with E-state index < -0.39 is 0 Å². The van der Waals surface area contributed by atoms with E-state index in [9.17, 15) is 4.79 Å². The van der Waals surface area contributed by atoms with Crippen molar-refractivity contribution >= 4 is 23.4 Å². The molecule has 3 aromatic carbocycles. The Bertz CT molecular complexity index is 1010. The molecule has 0 aliphatic carbocycles. The predicted octanol–water partition coefficient (Wildman–Crippen LogP) is 5.01. The summed E-state index contributed by atoms with van der Waals surface area (Å²) in [5.41, 5.74) is 2.20. The van der Waals surface area contributed by atoms with Gasteiger partial charge in [-0.2, -0.15) is 0 Å². The van der Waals surface area contributed by atoms with Gasteiger partial charge in [0.25, 0.3) is 5.91 Å². The summed E-state index contributed by atoms with van der Waals surface area (Å²) in [4.78, 5) is 13.9. The van der Waals surface area contributed by atoms with E-state index >= 15 is 0 Å². The molecule has 0 saturated carbocycles. The molecule has 0 unspecified atom stereocenters. The number of fused-ring (bicyclic) bond motifs is 1. The van der Waals surface area contributed by atoms with Gasteiger partial charge in [-0.05, 0) is 42.5 Å². The quantitative estimate of drug-likeness (QED) is 0.582. The number of amides is 1. The SMILES string of the molecule is COc1ccc(C(=O)Nc2ccc3c(c2)OCCO3)cc1CSc1ccccc1. The number of benzene rings is 3. The van der Waals surface area contributed by atoms with Crippen LogP contribution in [-0.4, -0.2) is 26.2 Å². The molecule has 0 atom stereocenters. The molecule has 0 spiro atoms. The predicted molar refractivity (Wildman–Crippen MR) is 114 cm³/mol. The van der Waals surface area contributed by atoms with Crippen LogP contribution in [0.1, 0.15) is 15.9 Å². The van der Waals surface area contributed by atoms with Gasteiger partial charge < -0.3 is 19.5 Å². The van der Waals surface area contributed by atoms with Gasteiger partial charge in [0, 0.05) is 33.5 Å². The molecule has 0 aromatic heterocycles. The van der Waals surface area contributed by atoms with Crippen molar-refractivity contribution in [3.8, 4) is 17.2 Å². The molecule has 1 aliphatic heterocycles. The highest BCUT2D eigenvalue weighted by atomic mass is 32.2. The topological polar surface area (TPSA) is 56.8 Å². The Morgan fingerprint density at radius 3 is 2.59 bits per heavy atom. The number of rotatable bonds is 6. The molecular formula is C23H21NO4S. The van der Waals surface area contributed by atoms with E-state index in [1.807, 2.05) is 30.3 Å². The Morgan fingerprint density at radius 2 is 1.79 bits per heavy atom. The molecule has 3 aromatic rings. The highest BCUT2D eigenvalue weighted by Crippen LogP contribution is 2.33. The van der Waals surface area contributed by atoms with E-state index in [1.54, 1.807) is 43.1 Å². The zero-order valence-corrected chi connectivity index (χ0v) is 16.8. The second-order valence-corrected chi connectivity index (χ2v) is 7.49. The number of hydrogen-bond donors (Lipinski definition) is 1. The molecule has 0 bridgehead atoms. The van der Waals surface area contributed by atoms with Crippen molar-refractivity contribution < 1.29 is 19.0 Å². The fourth-order valence-corrected chi connectivity index (χ4v) is 3.93. The molecule has 1 N–H and O–H groups in total. The summed E-state index contributed by atoms with van der Waals surface area (Å²) >= 11 is 1.70. The third-order valence-electron chi connectivity index (χ3n) is 4.48. The Labute approximate surface area is 174 Å². The molecule has 1 amide bonds. The average molecular weight is 407 g/mol. The van der Waals surface area contributed by atoms with Gasteiger partial charge in [-0.1, -0.05) is 18.2 Å². The molecular weight excluding hydrogens is 386 g/mol. The summed E-state index contributed by atoms with van der Waals surface area (Å²) in [6.07, 6.45) is 0. The minimum Gasteiger partial charge on any atom is -0.496 e. The van der Waals surface area contributed by atoms with E-state index in [4.69, 9.17) is 14.2 Å².